The molecular formula is C45H41ClF10N8O12S2. The molecule has 1 unspecified atom stereocenters. The van der Waals surface area contributed by atoms with Gasteiger partial charge in [-0.25, -0.2) is 44.8 Å². The first-order chi connectivity index (χ1) is 35.8. The molecule has 20 nitrogen and oxygen atoms in total. The molecule has 78 heavy (non-hydrogen) atoms. The van der Waals surface area contributed by atoms with Crippen molar-refractivity contribution >= 4 is 78.0 Å². The van der Waals surface area contributed by atoms with Crippen molar-refractivity contribution in [3.05, 3.63) is 93.0 Å². The number of carbonyl (C=O) groups excluding carboxylic acids is 3. The van der Waals surface area contributed by atoms with E-state index in [2.05, 4.69) is 25.2 Å². The Labute approximate surface area is 438 Å². The predicted molar refractivity (Wildman–Crippen MR) is 250 cm³/mol. The Morgan fingerprint density at radius 3 is 2.10 bits per heavy atom. The number of alkyl halides is 8. The van der Waals surface area contributed by atoms with Crippen LogP contribution in [0.1, 0.15) is 72.6 Å². The molecule has 0 radical (unpaired) electrons. The van der Waals surface area contributed by atoms with Crippen LogP contribution >= 0.6 is 11.6 Å². The number of hydrogen-bond acceptors (Lipinski definition) is 13. The number of rotatable bonds is 18. The number of esters is 1. The summed E-state index contributed by atoms with van der Waals surface area (Å²) in [6, 6.07) is 0.0304. The van der Waals surface area contributed by atoms with Gasteiger partial charge in [-0.2, -0.15) is 49.6 Å². The highest BCUT2D eigenvalue weighted by molar-refractivity contribution is 7.93. The summed E-state index contributed by atoms with van der Waals surface area (Å²) in [6.45, 7) is -2.21. The van der Waals surface area contributed by atoms with Crippen molar-refractivity contribution in [2.75, 3.05) is 23.4 Å². The SMILES string of the molecule is CC(C)(CCc1ccc(-c2ccc(Cl)c3c(N(C(=O)N[C@@H](COC(=O)C(=O)O)C(=O)O)S(C)(=O)=O)nn(CC(F)(F)F)c23)c([C@H](Cc2cc(F)cc(F)c2)NC(=O)Cn2nc(C(F)(F)F)c3c2C(F)(F)C2C[C@H]32)n1)S(C)(=O)=O. The number of carboxylic acids is 2. The molecule has 2 aromatic carbocycles. The van der Waals surface area contributed by atoms with Crippen molar-refractivity contribution in [3.8, 4) is 11.1 Å². The largest absolute Gasteiger partial charge is 0.480 e. The summed E-state index contributed by atoms with van der Waals surface area (Å²) in [5, 5.41) is 28.3. The molecular weight excluding hydrogens is 1130 g/mol. The number of nitrogens with zero attached hydrogens (tertiary/aromatic N) is 6. The zero-order valence-electron chi connectivity index (χ0n) is 40.4. The van der Waals surface area contributed by atoms with E-state index in [1.165, 1.54) is 19.9 Å². The first kappa shape index (κ1) is 58.6. The van der Waals surface area contributed by atoms with Gasteiger partial charge in [-0.05, 0) is 75.3 Å². The average Bonchev–Trinajstić information content (AvgIpc) is 4.07. The first-order valence-corrected chi connectivity index (χ1v) is 26.6. The second kappa shape index (κ2) is 20.6. The molecule has 33 heteroatoms. The number of aromatic nitrogens is 5. The van der Waals surface area contributed by atoms with E-state index in [0.717, 1.165) is 36.6 Å². The van der Waals surface area contributed by atoms with E-state index in [1.807, 2.05) is 0 Å². The molecule has 1 fully saturated rings. The number of ether oxygens (including phenoxy) is 1. The Balaban J connectivity index is 1.45. The summed E-state index contributed by atoms with van der Waals surface area (Å²) in [4.78, 5) is 67.3. The zero-order chi connectivity index (χ0) is 58.2. The molecule has 7 rings (SSSR count). The third-order valence-corrected chi connectivity index (χ3v) is 16.3. The van der Waals surface area contributed by atoms with Gasteiger partial charge in [0.25, 0.3) is 5.92 Å². The van der Waals surface area contributed by atoms with E-state index in [-0.39, 0.29) is 49.8 Å². The second-order valence-electron chi connectivity index (χ2n) is 18.9. The number of halogens is 11. The van der Waals surface area contributed by atoms with Crippen LogP contribution in [0.3, 0.4) is 0 Å². The van der Waals surface area contributed by atoms with Crippen molar-refractivity contribution in [1.82, 2.24) is 35.2 Å². The summed E-state index contributed by atoms with van der Waals surface area (Å²) < 4.78 is 203. The molecule has 2 aliphatic carbocycles. The average molecular weight is 1180 g/mol. The fraction of sp³-hybridized carbons (Fsp3) is 0.422. The monoisotopic (exact) mass is 1170 g/mol. The van der Waals surface area contributed by atoms with Crippen LogP contribution in [0.2, 0.25) is 5.02 Å². The Morgan fingerprint density at radius 1 is 0.910 bits per heavy atom. The van der Waals surface area contributed by atoms with Gasteiger partial charge in [0.2, 0.25) is 15.9 Å². The minimum Gasteiger partial charge on any atom is -0.480 e. The van der Waals surface area contributed by atoms with Crippen molar-refractivity contribution < 1.29 is 99.7 Å². The maximum atomic E-state index is 15.6. The number of aliphatic carboxylic acids is 2. The van der Waals surface area contributed by atoms with Gasteiger partial charge in [-0.1, -0.05) is 23.7 Å². The van der Waals surface area contributed by atoms with Crippen molar-refractivity contribution in [2.24, 2.45) is 5.92 Å². The van der Waals surface area contributed by atoms with Gasteiger partial charge < -0.3 is 25.6 Å². The fourth-order valence-electron chi connectivity index (χ4n) is 8.83. The Kier molecular flexibility index (Phi) is 15.5. The van der Waals surface area contributed by atoms with Crippen molar-refractivity contribution in [3.63, 3.8) is 0 Å². The molecule has 5 aromatic rings. The number of sulfonamides is 1. The van der Waals surface area contributed by atoms with Crippen molar-refractivity contribution in [1.29, 1.82) is 0 Å². The van der Waals surface area contributed by atoms with Crippen LogP contribution in [0, 0.1) is 17.6 Å². The van der Waals surface area contributed by atoms with E-state index >= 15 is 8.78 Å². The lowest BCUT2D eigenvalue weighted by Crippen LogP contribution is -2.52. The highest BCUT2D eigenvalue weighted by atomic mass is 35.5. The summed E-state index contributed by atoms with van der Waals surface area (Å²) in [5.74, 6) is -17.9. The first-order valence-electron chi connectivity index (χ1n) is 22.5. The van der Waals surface area contributed by atoms with Gasteiger partial charge in [0.15, 0.2) is 27.4 Å². The van der Waals surface area contributed by atoms with E-state index in [1.54, 1.807) is 5.32 Å². The number of benzene rings is 2. The molecule has 0 bridgehead atoms. The van der Waals surface area contributed by atoms with Crippen LogP contribution in [0.25, 0.3) is 22.0 Å². The summed E-state index contributed by atoms with van der Waals surface area (Å²) in [5.41, 5.74) is -6.17. The maximum absolute atomic E-state index is 15.6. The molecule has 3 amide bonds. The summed E-state index contributed by atoms with van der Waals surface area (Å²) >= 11 is 6.59. The van der Waals surface area contributed by atoms with Crippen LogP contribution in [0.5, 0.6) is 0 Å². The smallest absolute Gasteiger partial charge is 0.435 e. The quantitative estimate of drug-likeness (QED) is 0.0418. The van der Waals surface area contributed by atoms with Gasteiger partial charge in [-0.15, -0.1) is 0 Å². The number of fused-ring (bicyclic) bond motifs is 4. The van der Waals surface area contributed by atoms with Gasteiger partial charge in [0.05, 0.1) is 38.7 Å². The van der Waals surface area contributed by atoms with Gasteiger partial charge in [0.1, 0.15) is 37.0 Å². The number of amides is 3. The standard InChI is InChI=1S/C45H41ClF10N8O12S2/c1-42(2,77(3,72)73)10-9-22-5-6-23(24-7-8-27(46)32-34(24)63(18-43(49,50)51)61-37(32)64(78(4,74)75)41(71)59-29(38(66)67)17-76-40(70)39(68)69)33(57-22)28(13-19-11-20(47)14-21(48)12-19)58-30(65)16-62-36-31(35(60-62)45(54,55)56)25-15-26(25)44(36,52)53/h5-8,11-12,14,25-26,28-29H,9-10,13,15-18H2,1-4H3,(H,58,65)(H,59,71)(H,66,67)(H,68,69)/t25-,26?,28-,29-/m0/s1. The third-order valence-electron chi connectivity index (χ3n) is 12.8. The number of urea groups is 1. The fourth-order valence-corrected chi connectivity index (χ4v) is 10.3. The minimum atomic E-state index is -5.28. The lowest BCUT2D eigenvalue weighted by atomic mass is 9.93. The molecule has 0 aliphatic heterocycles. The molecule has 0 spiro atoms. The third kappa shape index (κ3) is 12.1. The number of carbonyl (C=O) groups is 5. The lowest BCUT2D eigenvalue weighted by molar-refractivity contribution is -0.165. The zero-order valence-corrected chi connectivity index (χ0v) is 42.8. The number of carboxylic acid groups (broad SMARTS) is 2. The van der Waals surface area contributed by atoms with E-state index in [9.17, 15) is 81.0 Å². The van der Waals surface area contributed by atoms with Crippen molar-refractivity contribution in [2.45, 2.75) is 93.6 Å². The minimum absolute atomic E-state index is 0.0367. The molecule has 422 valence electrons. The normalized spacial score (nSPS) is 17.0. The number of hydrogen-bond donors (Lipinski definition) is 4. The maximum Gasteiger partial charge on any atom is 0.435 e. The number of pyridine rings is 1. The van der Waals surface area contributed by atoms with E-state index in [4.69, 9.17) is 16.7 Å². The summed E-state index contributed by atoms with van der Waals surface area (Å²) in [6.07, 6.45) is -10.8. The number of aryl methyl sites for hydroxylation is 1. The molecule has 4 atom stereocenters. The van der Waals surface area contributed by atoms with Gasteiger partial charge in [0, 0.05) is 40.6 Å². The van der Waals surface area contributed by atoms with Crippen LogP contribution in [0.4, 0.5) is 54.5 Å². The number of anilines is 1. The Bertz CT molecular complexity index is 3520. The Hall–Kier alpha value is -7.09. The lowest BCUT2D eigenvalue weighted by Gasteiger charge is -2.25. The molecule has 4 N–H and O–H groups in total. The highest BCUT2D eigenvalue weighted by Gasteiger charge is 2.68. The van der Waals surface area contributed by atoms with Gasteiger partial charge in [-0.3, -0.25) is 19.1 Å². The predicted octanol–water partition coefficient (Wildman–Crippen LogP) is 6.43. The number of nitrogens with one attached hydrogen (secondary N) is 2. The highest BCUT2D eigenvalue weighted by Crippen LogP contribution is 2.68. The number of sulfone groups is 1. The van der Waals surface area contributed by atoms with Crippen LogP contribution in [-0.2, 0) is 81.8 Å². The Morgan fingerprint density at radius 2 is 1.54 bits per heavy atom. The van der Waals surface area contributed by atoms with Crippen LogP contribution in [0.15, 0.2) is 42.5 Å². The van der Waals surface area contributed by atoms with E-state index < -0.39 is 184 Å². The molecule has 1 saturated carbocycles. The van der Waals surface area contributed by atoms with E-state index in [0.29, 0.717) is 12.3 Å². The van der Waals surface area contributed by atoms with Crippen LogP contribution in [-0.4, -0.2) is 118 Å². The van der Waals surface area contributed by atoms with Gasteiger partial charge >= 0.3 is 36.3 Å². The second-order valence-corrected chi connectivity index (χ2v) is 23.8. The molecule has 0 saturated heterocycles. The van der Waals surface area contributed by atoms with Crippen LogP contribution < -0.4 is 14.9 Å². The molecule has 3 heterocycles. The molecule has 2 aliphatic rings. The summed E-state index contributed by atoms with van der Waals surface area (Å²) in [7, 11) is -8.98. The topological polar surface area (TPSA) is 279 Å². The molecule has 3 aromatic heterocycles.